The van der Waals surface area contributed by atoms with Crippen LogP contribution in [0.3, 0.4) is 0 Å². The van der Waals surface area contributed by atoms with E-state index in [0.717, 1.165) is 12.8 Å². The average Bonchev–Trinajstić information content (AvgIpc) is 2.84. The van der Waals surface area contributed by atoms with Crippen molar-refractivity contribution < 1.29 is 33.3 Å². The number of hydrogen-bond donors (Lipinski definition) is 0. The number of ether oxygens (including phenoxy) is 5. The molecule has 34 heavy (non-hydrogen) atoms. The third-order valence-corrected chi connectivity index (χ3v) is 5.67. The van der Waals surface area contributed by atoms with Crippen LogP contribution in [-0.4, -0.2) is 65.3 Å². The quantitative estimate of drug-likeness (QED) is 0.103. The average molecular weight is 489 g/mol. The van der Waals surface area contributed by atoms with Crippen molar-refractivity contribution in [3.05, 3.63) is 0 Å². The minimum atomic E-state index is -0.405. The highest BCUT2D eigenvalue weighted by atomic mass is 16.6. The molecule has 0 amide bonds. The first kappa shape index (κ1) is 32.8. The van der Waals surface area contributed by atoms with Gasteiger partial charge in [0.25, 0.3) is 0 Å². The van der Waals surface area contributed by atoms with E-state index in [1.165, 1.54) is 90.6 Å². The standard InChI is InChI=1S/C27H52O7/c1-3-4-5-6-7-8-9-10-11-12-13-14-15-16-17-18-26(28)34-24-23-32-20-19-31-21-22-33-25-27(29)30-2/h3-25H2,1-2H3. The van der Waals surface area contributed by atoms with Gasteiger partial charge in [-0.2, -0.15) is 0 Å². The van der Waals surface area contributed by atoms with Crippen molar-refractivity contribution in [2.45, 2.75) is 110 Å². The van der Waals surface area contributed by atoms with Crippen LogP contribution in [0.5, 0.6) is 0 Å². The number of hydrogen-bond acceptors (Lipinski definition) is 7. The predicted octanol–water partition coefficient (Wildman–Crippen LogP) is 6.01. The van der Waals surface area contributed by atoms with Crippen molar-refractivity contribution >= 4 is 11.9 Å². The van der Waals surface area contributed by atoms with Crippen molar-refractivity contribution in [1.82, 2.24) is 0 Å². The molecule has 0 aliphatic carbocycles. The highest BCUT2D eigenvalue weighted by molar-refractivity contribution is 5.70. The Morgan fingerprint density at radius 2 is 0.912 bits per heavy atom. The van der Waals surface area contributed by atoms with E-state index in [2.05, 4.69) is 11.7 Å². The number of carbonyl (C=O) groups is 2. The normalized spacial score (nSPS) is 11.0. The molecule has 0 atom stereocenters. The molecule has 0 unspecified atom stereocenters. The van der Waals surface area contributed by atoms with Crippen molar-refractivity contribution in [3.63, 3.8) is 0 Å². The highest BCUT2D eigenvalue weighted by Gasteiger charge is 2.03. The SMILES string of the molecule is CCCCCCCCCCCCCCCCCC(=O)OCCOCCOCCOCC(=O)OC. The lowest BCUT2D eigenvalue weighted by Crippen LogP contribution is -2.15. The van der Waals surface area contributed by atoms with Crippen molar-refractivity contribution in [1.29, 1.82) is 0 Å². The van der Waals surface area contributed by atoms with E-state index < -0.39 is 5.97 Å². The second kappa shape index (κ2) is 28.1. The molecule has 0 radical (unpaired) electrons. The second-order valence-corrected chi connectivity index (χ2v) is 8.77. The van der Waals surface area contributed by atoms with Gasteiger partial charge in [0, 0.05) is 6.42 Å². The van der Waals surface area contributed by atoms with Gasteiger partial charge in [0.05, 0.1) is 40.1 Å². The maximum atomic E-state index is 11.7. The summed E-state index contributed by atoms with van der Waals surface area (Å²) in [7, 11) is 1.32. The van der Waals surface area contributed by atoms with Gasteiger partial charge in [-0.05, 0) is 6.42 Å². The Labute approximate surface area is 208 Å². The molecule has 0 fully saturated rings. The third-order valence-electron chi connectivity index (χ3n) is 5.67. The van der Waals surface area contributed by atoms with E-state index in [0.29, 0.717) is 39.5 Å². The predicted molar refractivity (Wildman–Crippen MR) is 135 cm³/mol. The van der Waals surface area contributed by atoms with E-state index in [1.807, 2.05) is 0 Å². The summed E-state index contributed by atoms with van der Waals surface area (Å²) < 4.78 is 25.4. The number of methoxy groups -OCH3 is 1. The highest BCUT2D eigenvalue weighted by Crippen LogP contribution is 2.13. The smallest absolute Gasteiger partial charge is 0.331 e. The first-order chi connectivity index (χ1) is 16.7. The maximum absolute atomic E-state index is 11.7. The largest absolute Gasteiger partial charge is 0.467 e. The summed E-state index contributed by atoms with van der Waals surface area (Å²) in [6, 6.07) is 0. The Morgan fingerprint density at radius 3 is 1.38 bits per heavy atom. The molecule has 0 aromatic rings. The van der Waals surface area contributed by atoms with Gasteiger partial charge in [-0.25, -0.2) is 4.79 Å². The van der Waals surface area contributed by atoms with Gasteiger partial charge in [-0.15, -0.1) is 0 Å². The van der Waals surface area contributed by atoms with Crippen molar-refractivity contribution in [2.24, 2.45) is 0 Å². The van der Waals surface area contributed by atoms with Gasteiger partial charge >= 0.3 is 11.9 Å². The molecule has 7 nitrogen and oxygen atoms in total. The second-order valence-electron chi connectivity index (χ2n) is 8.77. The van der Waals surface area contributed by atoms with Crippen LogP contribution in [0.1, 0.15) is 110 Å². The third kappa shape index (κ3) is 27.1. The fraction of sp³-hybridized carbons (Fsp3) is 0.926. The fourth-order valence-corrected chi connectivity index (χ4v) is 3.58. The minimum Gasteiger partial charge on any atom is -0.467 e. The molecule has 0 rings (SSSR count). The van der Waals surface area contributed by atoms with Crippen molar-refractivity contribution in [2.75, 3.05) is 53.4 Å². The first-order valence-electron chi connectivity index (χ1n) is 13.7. The summed E-state index contributed by atoms with van der Waals surface area (Å²) in [6.07, 6.45) is 20.2. The van der Waals surface area contributed by atoms with Crippen LogP contribution in [-0.2, 0) is 33.3 Å². The van der Waals surface area contributed by atoms with Gasteiger partial charge in [0.1, 0.15) is 13.2 Å². The molecule has 0 saturated carbocycles. The molecular weight excluding hydrogens is 436 g/mol. The molecule has 0 aromatic carbocycles. The number of unbranched alkanes of at least 4 members (excludes halogenated alkanes) is 14. The van der Waals surface area contributed by atoms with Crippen LogP contribution < -0.4 is 0 Å². The molecule has 0 heterocycles. The molecule has 7 heteroatoms. The zero-order valence-electron chi connectivity index (χ0n) is 22.1. The molecular formula is C27H52O7. The summed E-state index contributed by atoms with van der Waals surface area (Å²) in [5, 5.41) is 0. The monoisotopic (exact) mass is 488 g/mol. The molecule has 0 bridgehead atoms. The summed E-state index contributed by atoms with van der Waals surface area (Å²) in [5.74, 6) is -0.547. The van der Waals surface area contributed by atoms with Crippen LogP contribution in [0.2, 0.25) is 0 Å². The summed E-state index contributed by atoms with van der Waals surface area (Å²) in [4.78, 5) is 22.6. The molecule has 0 aromatic heterocycles. The minimum absolute atomic E-state index is 0.0683. The van der Waals surface area contributed by atoms with Crippen LogP contribution in [0.4, 0.5) is 0 Å². The Bertz CT molecular complexity index is 443. The first-order valence-corrected chi connectivity index (χ1v) is 13.7. The van der Waals surface area contributed by atoms with Gasteiger partial charge in [0.15, 0.2) is 0 Å². The van der Waals surface area contributed by atoms with Crippen molar-refractivity contribution in [3.8, 4) is 0 Å². The lowest BCUT2D eigenvalue weighted by molar-refractivity contribution is -0.146. The van der Waals surface area contributed by atoms with E-state index >= 15 is 0 Å². The molecule has 0 saturated heterocycles. The lowest BCUT2D eigenvalue weighted by Gasteiger charge is -2.07. The van der Waals surface area contributed by atoms with Gasteiger partial charge in [-0.1, -0.05) is 96.8 Å². The number of rotatable bonds is 27. The van der Waals surface area contributed by atoms with Gasteiger partial charge < -0.3 is 23.7 Å². The van der Waals surface area contributed by atoms with E-state index in [-0.39, 0.29) is 19.2 Å². The zero-order chi connectivity index (χ0) is 25.0. The number of esters is 2. The molecule has 0 N–H and O–H groups in total. The topological polar surface area (TPSA) is 80.3 Å². The van der Waals surface area contributed by atoms with Crippen LogP contribution in [0.25, 0.3) is 0 Å². The zero-order valence-corrected chi connectivity index (χ0v) is 22.1. The molecule has 0 aliphatic rings. The Balaban J connectivity index is 3.17. The Morgan fingerprint density at radius 1 is 0.500 bits per heavy atom. The lowest BCUT2D eigenvalue weighted by atomic mass is 10.0. The Hall–Kier alpha value is -1.18. The summed E-state index contributed by atoms with van der Waals surface area (Å²) >= 11 is 0. The molecule has 202 valence electrons. The maximum Gasteiger partial charge on any atom is 0.331 e. The summed E-state index contributed by atoms with van der Waals surface area (Å²) in [5.41, 5.74) is 0. The van der Waals surface area contributed by atoms with E-state index in [4.69, 9.17) is 18.9 Å². The van der Waals surface area contributed by atoms with Gasteiger partial charge in [-0.3, -0.25) is 4.79 Å². The molecule has 0 aliphatic heterocycles. The van der Waals surface area contributed by atoms with Crippen LogP contribution in [0.15, 0.2) is 0 Å². The van der Waals surface area contributed by atoms with Gasteiger partial charge in [0.2, 0.25) is 0 Å². The Kier molecular flexibility index (Phi) is 27.1. The fourth-order valence-electron chi connectivity index (χ4n) is 3.58. The number of carbonyl (C=O) groups excluding carboxylic acids is 2. The van der Waals surface area contributed by atoms with Crippen LogP contribution in [0, 0.1) is 0 Å². The van der Waals surface area contributed by atoms with E-state index in [1.54, 1.807) is 0 Å². The van der Waals surface area contributed by atoms with E-state index in [9.17, 15) is 9.59 Å². The van der Waals surface area contributed by atoms with Crippen LogP contribution >= 0.6 is 0 Å². The molecule has 0 spiro atoms. The summed E-state index contributed by atoms with van der Waals surface area (Å²) in [6.45, 7) is 4.40.